The molecule has 1 fully saturated rings. The molecule has 1 aliphatic rings. The largest absolute Gasteiger partial charge is 0.463 e. The van der Waals surface area contributed by atoms with Gasteiger partial charge >= 0.3 is 5.97 Å². The Balaban J connectivity index is 2.32. The molecule has 0 saturated heterocycles. The number of carbonyl (C=O) groups is 1. The minimum atomic E-state index is -0.218. The molecule has 1 saturated carbocycles. The van der Waals surface area contributed by atoms with Crippen LogP contribution in [0.25, 0.3) is 0 Å². The SMILES string of the molecule is C=C(C(=O)OCC)C1CC1. The Morgan fingerprint density at radius 3 is 2.70 bits per heavy atom. The predicted molar refractivity (Wildman–Crippen MR) is 38.5 cm³/mol. The molecule has 0 aromatic carbocycles. The van der Waals surface area contributed by atoms with E-state index in [0.717, 1.165) is 12.8 Å². The first-order valence-electron chi connectivity index (χ1n) is 3.61. The normalized spacial score (nSPS) is 16.5. The van der Waals surface area contributed by atoms with Crippen molar-refractivity contribution in [2.45, 2.75) is 19.8 Å². The van der Waals surface area contributed by atoms with E-state index in [1.165, 1.54) is 0 Å². The van der Waals surface area contributed by atoms with Gasteiger partial charge in [0.25, 0.3) is 0 Å². The number of rotatable bonds is 3. The van der Waals surface area contributed by atoms with Gasteiger partial charge in [0.2, 0.25) is 0 Å². The summed E-state index contributed by atoms with van der Waals surface area (Å²) >= 11 is 0. The van der Waals surface area contributed by atoms with Gasteiger partial charge in [-0.3, -0.25) is 0 Å². The molecule has 56 valence electrons. The second-order valence-electron chi connectivity index (χ2n) is 2.52. The Morgan fingerprint density at radius 2 is 2.30 bits per heavy atom. The predicted octanol–water partition coefficient (Wildman–Crippen LogP) is 1.52. The zero-order chi connectivity index (χ0) is 7.56. The summed E-state index contributed by atoms with van der Waals surface area (Å²) in [7, 11) is 0. The minimum Gasteiger partial charge on any atom is -0.463 e. The molecule has 1 aliphatic carbocycles. The van der Waals surface area contributed by atoms with E-state index in [1.54, 1.807) is 6.92 Å². The van der Waals surface area contributed by atoms with Crippen LogP contribution in [0.1, 0.15) is 19.8 Å². The van der Waals surface area contributed by atoms with E-state index in [0.29, 0.717) is 18.1 Å². The second kappa shape index (κ2) is 2.86. The number of carbonyl (C=O) groups excluding carboxylic acids is 1. The van der Waals surface area contributed by atoms with E-state index in [9.17, 15) is 4.79 Å². The maximum Gasteiger partial charge on any atom is 0.333 e. The quantitative estimate of drug-likeness (QED) is 0.439. The molecule has 10 heavy (non-hydrogen) atoms. The van der Waals surface area contributed by atoms with Crippen molar-refractivity contribution in [3.63, 3.8) is 0 Å². The minimum absolute atomic E-state index is 0.218. The lowest BCUT2D eigenvalue weighted by atomic mass is 10.2. The summed E-state index contributed by atoms with van der Waals surface area (Å²) in [6, 6.07) is 0. The Hall–Kier alpha value is -0.790. The van der Waals surface area contributed by atoms with Crippen molar-refractivity contribution in [2.75, 3.05) is 6.61 Å². The fraction of sp³-hybridized carbons (Fsp3) is 0.625. The standard InChI is InChI=1S/C8H12O2/c1-3-10-8(9)6(2)7-4-5-7/h7H,2-5H2,1H3. The number of esters is 1. The molecule has 0 radical (unpaired) electrons. The lowest BCUT2D eigenvalue weighted by molar-refractivity contribution is -0.138. The van der Waals surface area contributed by atoms with E-state index < -0.39 is 0 Å². The molecule has 0 N–H and O–H groups in total. The molecule has 2 heteroatoms. The molecule has 2 nitrogen and oxygen atoms in total. The lowest BCUT2D eigenvalue weighted by Crippen LogP contribution is -2.07. The first-order chi connectivity index (χ1) is 4.75. The summed E-state index contributed by atoms with van der Waals surface area (Å²) in [5.74, 6) is 0.212. The summed E-state index contributed by atoms with van der Waals surface area (Å²) in [6.45, 7) is 5.91. The third kappa shape index (κ3) is 1.59. The third-order valence-electron chi connectivity index (χ3n) is 1.61. The van der Waals surface area contributed by atoms with Crippen LogP contribution >= 0.6 is 0 Å². The van der Waals surface area contributed by atoms with Crippen LogP contribution in [0.4, 0.5) is 0 Å². The lowest BCUT2D eigenvalue weighted by Gasteiger charge is -2.01. The van der Waals surface area contributed by atoms with Crippen molar-refractivity contribution in [3.05, 3.63) is 12.2 Å². The molecule has 0 heterocycles. The van der Waals surface area contributed by atoms with Gasteiger partial charge < -0.3 is 4.74 Å². The van der Waals surface area contributed by atoms with Gasteiger partial charge in [-0.15, -0.1) is 0 Å². The maximum absolute atomic E-state index is 10.9. The first kappa shape index (κ1) is 7.32. The molecule has 0 atom stereocenters. The van der Waals surface area contributed by atoms with E-state index in [-0.39, 0.29) is 5.97 Å². The van der Waals surface area contributed by atoms with Crippen LogP contribution in [-0.4, -0.2) is 12.6 Å². The topological polar surface area (TPSA) is 26.3 Å². The van der Waals surface area contributed by atoms with Gasteiger partial charge in [0.1, 0.15) is 0 Å². The van der Waals surface area contributed by atoms with Gasteiger partial charge in [-0.1, -0.05) is 6.58 Å². The van der Waals surface area contributed by atoms with Crippen LogP contribution in [0.15, 0.2) is 12.2 Å². The van der Waals surface area contributed by atoms with Crippen molar-refractivity contribution < 1.29 is 9.53 Å². The summed E-state index contributed by atoms with van der Waals surface area (Å²) in [5, 5.41) is 0. The van der Waals surface area contributed by atoms with Gasteiger partial charge in [-0.25, -0.2) is 4.79 Å². The molecule has 0 spiro atoms. The van der Waals surface area contributed by atoms with Crippen molar-refractivity contribution in [3.8, 4) is 0 Å². The average molecular weight is 140 g/mol. The number of hydrogen-bond acceptors (Lipinski definition) is 2. The van der Waals surface area contributed by atoms with E-state index in [1.807, 2.05) is 0 Å². The van der Waals surface area contributed by atoms with Crippen molar-refractivity contribution in [2.24, 2.45) is 5.92 Å². The molecule has 0 amide bonds. The van der Waals surface area contributed by atoms with Gasteiger partial charge in [-0.05, 0) is 25.7 Å². The smallest absolute Gasteiger partial charge is 0.333 e. The molecule has 0 aliphatic heterocycles. The van der Waals surface area contributed by atoms with Crippen LogP contribution in [-0.2, 0) is 9.53 Å². The van der Waals surface area contributed by atoms with Crippen LogP contribution in [0.5, 0.6) is 0 Å². The maximum atomic E-state index is 10.9. The summed E-state index contributed by atoms with van der Waals surface area (Å²) in [5.41, 5.74) is 0.654. The fourth-order valence-electron chi connectivity index (χ4n) is 0.822. The van der Waals surface area contributed by atoms with Crippen molar-refractivity contribution in [1.29, 1.82) is 0 Å². The summed E-state index contributed by atoms with van der Waals surface area (Å²) < 4.78 is 4.77. The fourth-order valence-corrected chi connectivity index (χ4v) is 0.822. The zero-order valence-corrected chi connectivity index (χ0v) is 6.22. The second-order valence-corrected chi connectivity index (χ2v) is 2.52. The molecule has 0 aromatic heterocycles. The molecular weight excluding hydrogens is 128 g/mol. The Bertz CT molecular complexity index is 157. The monoisotopic (exact) mass is 140 g/mol. The van der Waals surface area contributed by atoms with Crippen LogP contribution in [0.2, 0.25) is 0 Å². The summed E-state index contributed by atoms with van der Waals surface area (Å²) in [6.07, 6.45) is 2.22. The zero-order valence-electron chi connectivity index (χ0n) is 6.22. The number of ether oxygens (including phenoxy) is 1. The van der Waals surface area contributed by atoms with Gasteiger partial charge in [0, 0.05) is 5.57 Å². The highest BCUT2D eigenvalue weighted by Gasteiger charge is 2.29. The third-order valence-corrected chi connectivity index (χ3v) is 1.61. The van der Waals surface area contributed by atoms with Gasteiger partial charge in [-0.2, -0.15) is 0 Å². The molecule has 0 bridgehead atoms. The highest BCUT2D eigenvalue weighted by atomic mass is 16.5. The molecule has 0 unspecified atom stereocenters. The first-order valence-corrected chi connectivity index (χ1v) is 3.61. The van der Waals surface area contributed by atoms with E-state index >= 15 is 0 Å². The Kier molecular flexibility index (Phi) is 2.10. The molecule has 0 aromatic rings. The molecule has 1 rings (SSSR count). The van der Waals surface area contributed by atoms with Gasteiger partial charge in [0.05, 0.1) is 6.61 Å². The van der Waals surface area contributed by atoms with E-state index in [2.05, 4.69) is 6.58 Å². The highest BCUT2D eigenvalue weighted by Crippen LogP contribution is 2.35. The van der Waals surface area contributed by atoms with Crippen LogP contribution < -0.4 is 0 Å². The summed E-state index contributed by atoms with van der Waals surface area (Å²) in [4.78, 5) is 10.9. The van der Waals surface area contributed by atoms with Crippen molar-refractivity contribution >= 4 is 5.97 Å². The molecular formula is C8H12O2. The van der Waals surface area contributed by atoms with Crippen molar-refractivity contribution in [1.82, 2.24) is 0 Å². The Labute approximate surface area is 60.9 Å². The Morgan fingerprint density at radius 1 is 1.70 bits per heavy atom. The van der Waals surface area contributed by atoms with Crippen LogP contribution in [0, 0.1) is 5.92 Å². The number of hydrogen-bond donors (Lipinski definition) is 0. The average Bonchev–Trinajstić information content (AvgIpc) is 2.68. The van der Waals surface area contributed by atoms with Crippen LogP contribution in [0.3, 0.4) is 0 Å². The van der Waals surface area contributed by atoms with E-state index in [4.69, 9.17) is 4.74 Å². The van der Waals surface area contributed by atoms with Gasteiger partial charge in [0.15, 0.2) is 0 Å². The highest BCUT2D eigenvalue weighted by molar-refractivity contribution is 5.88.